The van der Waals surface area contributed by atoms with Crippen molar-refractivity contribution >= 4 is 47.7 Å². The molecule has 0 saturated carbocycles. The van der Waals surface area contributed by atoms with Gasteiger partial charge in [-0.2, -0.15) is 24.3 Å². The van der Waals surface area contributed by atoms with Crippen molar-refractivity contribution in [3.63, 3.8) is 0 Å². The Morgan fingerprint density at radius 3 is 0.736 bits per heavy atom. The van der Waals surface area contributed by atoms with Crippen molar-refractivity contribution in [2.24, 2.45) is 0 Å². The summed E-state index contributed by atoms with van der Waals surface area (Å²) < 4.78 is 22.3. The summed E-state index contributed by atoms with van der Waals surface area (Å²) in [6.07, 6.45) is 0. The molecule has 0 aromatic heterocycles. The van der Waals surface area contributed by atoms with E-state index in [0.717, 1.165) is 23.0 Å². The van der Waals surface area contributed by atoms with Gasteiger partial charge in [0.25, 0.3) is 0 Å². The molecule has 0 saturated heterocycles. The van der Waals surface area contributed by atoms with E-state index in [1.165, 1.54) is 76.3 Å². The molecule has 278 valence electrons. The average Bonchev–Trinajstić information content (AvgIpc) is 3.81. The first kappa shape index (κ1) is 41.9. The third-order valence-corrected chi connectivity index (χ3v) is 14.2. The first-order chi connectivity index (χ1) is 24.9. The third kappa shape index (κ3) is 9.11. The Balaban J connectivity index is 0.000000232. The van der Waals surface area contributed by atoms with Gasteiger partial charge >= 0.3 is 17.1 Å². The molecule has 0 aliphatic heterocycles. The van der Waals surface area contributed by atoms with Gasteiger partial charge in [0, 0.05) is 0 Å². The Morgan fingerprint density at radius 2 is 0.585 bits per heavy atom. The van der Waals surface area contributed by atoms with Crippen molar-refractivity contribution in [1.82, 2.24) is 0 Å². The molecule has 0 aliphatic rings. The maximum atomic E-state index is 5.57. The summed E-state index contributed by atoms with van der Waals surface area (Å²) in [6.45, 7) is 17.0. The summed E-state index contributed by atoms with van der Waals surface area (Å²) in [5.41, 5.74) is 9.47. The fourth-order valence-electron chi connectivity index (χ4n) is 7.43. The molecule has 0 radical (unpaired) electrons. The van der Waals surface area contributed by atoms with E-state index >= 15 is 0 Å². The van der Waals surface area contributed by atoms with Gasteiger partial charge in [-0.15, -0.1) is 10.6 Å². The molecule has 6 aromatic rings. The van der Waals surface area contributed by atoms with Gasteiger partial charge in [0.05, 0.1) is 28.4 Å². The molecule has 0 fully saturated rings. The van der Waals surface area contributed by atoms with Crippen LogP contribution in [0.15, 0.2) is 97.1 Å². The van der Waals surface area contributed by atoms with Gasteiger partial charge in [-0.1, -0.05) is 0 Å². The minimum Gasteiger partial charge on any atom is -0.496 e. The number of benzene rings is 4. The Bertz CT molecular complexity index is 1770. The minimum absolute atomic E-state index is 0. The van der Waals surface area contributed by atoms with Crippen LogP contribution in [0.1, 0.15) is 44.5 Å². The van der Waals surface area contributed by atoms with Crippen LogP contribution in [0.2, 0.25) is 0 Å². The first-order valence-electron chi connectivity index (χ1n) is 17.6. The summed E-state index contributed by atoms with van der Waals surface area (Å²) in [4.78, 5) is 0. The van der Waals surface area contributed by atoms with E-state index < -0.39 is 15.8 Å². The molecule has 0 heterocycles. The zero-order chi connectivity index (χ0) is 37.7. The summed E-state index contributed by atoms with van der Waals surface area (Å²) >= 11 is 0. The van der Waals surface area contributed by atoms with Gasteiger partial charge in [-0.25, -0.2) is 24.3 Å². The van der Waals surface area contributed by atoms with Crippen LogP contribution in [0, 0.1) is 55.4 Å². The zero-order valence-electron chi connectivity index (χ0n) is 33.1. The summed E-state index contributed by atoms with van der Waals surface area (Å²) in [6, 6.07) is 35.6. The Morgan fingerprint density at radius 1 is 0.377 bits per heavy atom. The van der Waals surface area contributed by atoms with E-state index in [1.54, 1.807) is 28.4 Å². The van der Waals surface area contributed by atoms with E-state index in [2.05, 4.69) is 152 Å². The van der Waals surface area contributed by atoms with Crippen LogP contribution in [0.4, 0.5) is 0 Å². The van der Waals surface area contributed by atoms with Crippen LogP contribution in [0.5, 0.6) is 23.0 Å². The molecule has 0 N–H and O–H groups in total. The quantitative estimate of drug-likeness (QED) is 0.0791. The maximum Gasteiger partial charge on any atom is 2.00 e. The number of methoxy groups -OCH3 is 4. The molecule has 6 rings (SSSR count). The standard InChI is InChI=1S/2C23H26O2P.Fe/c2*1-15-11-20(12-16(2)22(15)24-5)26(19-9-7-8-10-19)21-13-17(3)23(25-6)18(4)14-21;/h2*7-14H,1-6H3;/q2*-1;+2. The van der Waals surface area contributed by atoms with Gasteiger partial charge in [0.1, 0.15) is 23.0 Å². The molecule has 0 aliphatic carbocycles. The fourth-order valence-corrected chi connectivity index (χ4v) is 12.7. The van der Waals surface area contributed by atoms with Crippen molar-refractivity contribution in [2.45, 2.75) is 55.4 Å². The average molecular weight is 787 g/mol. The Kier molecular flexibility index (Phi) is 14.6. The molecular weight excluding hydrogens is 734 g/mol. The topological polar surface area (TPSA) is 36.9 Å². The number of ether oxygens (including phenoxy) is 4. The van der Waals surface area contributed by atoms with Crippen molar-refractivity contribution < 1.29 is 36.0 Å². The molecule has 6 aromatic carbocycles. The van der Waals surface area contributed by atoms with E-state index in [0.29, 0.717) is 0 Å². The Hall–Kier alpha value is -3.84. The van der Waals surface area contributed by atoms with Crippen molar-refractivity contribution in [3.8, 4) is 23.0 Å². The maximum absolute atomic E-state index is 5.57. The smallest absolute Gasteiger partial charge is 0.496 e. The largest absolute Gasteiger partial charge is 2.00 e. The fraction of sp³-hybridized carbons (Fsp3) is 0.261. The van der Waals surface area contributed by atoms with Crippen molar-refractivity contribution in [3.05, 3.63) is 142 Å². The molecule has 0 unspecified atom stereocenters. The molecule has 53 heavy (non-hydrogen) atoms. The summed E-state index contributed by atoms with van der Waals surface area (Å²) in [5.74, 6) is 3.92. The van der Waals surface area contributed by atoms with Gasteiger partial charge in [-0.3, -0.25) is 0 Å². The first-order valence-corrected chi connectivity index (χ1v) is 20.2. The molecule has 0 bridgehead atoms. The van der Waals surface area contributed by atoms with E-state index in [9.17, 15) is 0 Å². The monoisotopic (exact) mass is 786 g/mol. The second-order valence-electron chi connectivity index (χ2n) is 13.4. The molecule has 0 spiro atoms. The van der Waals surface area contributed by atoms with Crippen LogP contribution in [-0.2, 0) is 17.1 Å². The number of hydrogen-bond donors (Lipinski definition) is 0. The molecular formula is C46H52FeO4P2. The predicted molar refractivity (Wildman–Crippen MR) is 226 cm³/mol. The van der Waals surface area contributed by atoms with Gasteiger partial charge in [-0.05, 0) is 185 Å². The molecule has 0 atom stereocenters. The molecule has 7 heteroatoms. The van der Waals surface area contributed by atoms with Gasteiger partial charge in [0.2, 0.25) is 0 Å². The zero-order valence-corrected chi connectivity index (χ0v) is 36.0. The normalized spacial score (nSPS) is 10.8. The van der Waals surface area contributed by atoms with Crippen LogP contribution in [0.25, 0.3) is 0 Å². The third-order valence-electron chi connectivity index (χ3n) is 9.44. The molecule has 0 amide bonds. The van der Waals surface area contributed by atoms with E-state index in [-0.39, 0.29) is 17.1 Å². The Labute approximate surface area is 330 Å². The van der Waals surface area contributed by atoms with Crippen molar-refractivity contribution in [2.75, 3.05) is 28.4 Å². The molecule has 4 nitrogen and oxygen atoms in total. The summed E-state index contributed by atoms with van der Waals surface area (Å²) in [5, 5.41) is 8.15. The number of hydrogen-bond acceptors (Lipinski definition) is 4. The van der Waals surface area contributed by atoms with E-state index in [4.69, 9.17) is 18.9 Å². The second kappa shape index (κ2) is 18.5. The predicted octanol–water partition coefficient (Wildman–Crippen LogP) is 8.83. The van der Waals surface area contributed by atoms with Crippen LogP contribution in [0.3, 0.4) is 0 Å². The minimum atomic E-state index is -0.620. The van der Waals surface area contributed by atoms with Crippen LogP contribution >= 0.6 is 15.8 Å². The van der Waals surface area contributed by atoms with Crippen LogP contribution < -0.4 is 50.8 Å². The SMILES string of the molecule is COc1c(C)cc(P(c2cc(C)c(OC)c(C)c2)c2ccc[cH-]2)cc1C.COc1c(C)cc(P(c2cc(C)c(OC)c(C)c2)c2ccc[cH-]2)cc1C.[Fe+2]. The van der Waals surface area contributed by atoms with Gasteiger partial charge < -0.3 is 18.9 Å². The van der Waals surface area contributed by atoms with Crippen molar-refractivity contribution in [1.29, 1.82) is 0 Å². The van der Waals surface area contributed by atoms with Gasteiger partial charge in [0.15, 0.2) is 0 Å². The second-order valence-corrected chi connectivity index (χ2v) is 17.8. The number of aryl methyl sites for hydroxylation is 8. The summed E-state index contributed by atoms with van der Waals surface area (Å²) in [7, 11) is 5.73. The number of rotatable bonds is 10. The van der Waals surface area contributed by atoms with Crippen LogP contribution in [-0.4, -0.2) is 28.4 Å². The van der Waals surface area contributed by atoms with E-state index in [1.807, 2.05) is 0 Å².